The Kier molecular flexibility index (Phi) is 8.43. The predicted octanol–water partition coefficient (Wildman–Crippen LogP) is 7.93. The van der Waals surface area contributed by atoms with Gasteiger partial charge in [-0.1, -0.05) is 66.7 Å². The number of amidine groups is 1. The van der Waals surface area contributed by atoms with E-state index in [2.05, 4.69) is 30.3 Å². The predicted molar refractivity (Wildman–Crippen MR) is 174 cm³/mol. The number of fused-ring (bicyclic) bond motifs is 1. The third-order valence-electron chi connectivity index (χ3n) is 7.14. The first-order valence-corrected chi connectivity index (χ1v) is 14.7. The molecule has 1 amide bonds. The Morgan fingerprint density at radius 3 is 2.32 bits per heavy atom. The largest absolute Gasteiger partial charge is 0.497 e. The number of aliphatic imine (C=N–C) groups is 1. The van der Waals surface area contributed by atoms with Crippen molar-refractivity contribution in [2.45, 2.75) is 13.2 Å². The summed E-state index contributed by atoms with van der Waals surface area (Å²) in [7, 11) is 1.60. The molecule has 218 valence electrons. The molecule has 1 saturated heterocycles. The van der Waals surface area contributed by atoms with Gasteiger partial charge >= 0.3 is 5.97 Å². The third-order valence-corrected chi connectivity index (χ3v) is 8.15. The maximum Gasteiger partial charge on any atom is 0.335 e. The fraction of sp³-hybridized carbons (Fsp3) is 0.0833. The fourth-order valence-electron chi connectivity index (χ4n) is 4.80. The van der Waals surface area contributed by atoms with Crippen molar-refractivity contribution in [3.63, 3.8) is 0 Å². The number of amides is 1. The van der Waals surface area contributed by atoms with Crippen LogP contribution in [-0.4, -0.2) is 34.2 Å². The highest BCUT2D eigenvalue weighted by atomic mass is 32.2. The molecule has 0 spiro atoms. The number of nitrogens with zero attached hydrogens (tertiary/aromatic N) is 2. The highest BCUT2D eigenvalue weighted by Crippen LogP contribution is 2.37. The third kappa shape index (κ3) is 6.50. The second-order valence-corrected chi connectivity index (χ2v) is 11.1. The normalized spacial score (nSPS) is 14.8. The number of benzene rings is 5. The van der Waals surface area contributed by atoms with E-state index >= 15 is 0 Å². The van der Waals surface area contributed by atoms with Crippen LogP contribution < -0.4 is 9.47 Å². The Morgan fingerprint density at radius 2 is 1.57 bits per heavy atom. The number of carboxylic acids is 1. The van der Waals surface area contributed by atoms with Crippen molar-refractivity contribution >= 4 is 51.3 Å². The second-order valence-electron chi connectivity index (χ2n) is 10.1. The van der Waals surface area contributed by atoms with Crippen molar-refractivity contribution in [2.24, 2.45) is 4.99 Å². The van der Waals surface area contributed by atoms with E-state index in [0.717, 1.165) is 22.1 Å². The van der Waals surface area contributed by atoms with Gasteiger partial charge in [-0.2, -0.15) is 0 Å². The molecule has 7 nitrogen and oxygen atoms in total. The minimum absolute atomic E-state index is 0.184. The lowest BCUT2D eigenvalue weighted by atomic mass is 10.1. The van der Waals surface area contributed by atoms with E-state index in [1.807, 2.05) is 66.7 Å². The number of methoxy groups -OCH3 is 1. The van der Waals surface area contributed by atoms with Gasteiger partial charge in [0.25, 0.3) is 5.91 Å². The number of rotatable bonds is 9. The smallest absolute Gasteiger partial charge is 0.335 e. The first-order valence-electron chi connectivity index (χ1n) is 13.9. The second kappa shape index (κ2) is 12.9. The minimum Gasteiger partial charge on any atom is -0.497 e. The van der Waals surface area contributed by atoms with Gasteiger partial charge in [0, 0.05) is 5.56 Å². The zero-order valence-corrected chi connectivity index (χ0v) is 24.7. The standard InChI is InChI=1S/C36H28N2O5S/c1-42-31-18-16-30(17-19-31)37-36-38(22-24-10-14-27(15-11-24)35(40)41)34(39)33(44-36)21-29-8-4-5-9-32(29)43-23-25-12-13-26-6-2-3-7-28(26)20-25/h2-21H,22-23H2,1H3,(H,40,41)/b33-21-,37-36?. The molecule has 1 aliphatic heterocycles. The van der Waals surface area contributed by atoms with E-state index in [9.17, 15) is 14.7 Å². The van der Waals surface area contributed by atoms with E-state index in [1.54, 1.807) is 24.1 Å². The summed E-state index contributed by atoms with van der Waals surface area (Å²) in [4.78, 5) is 32.0. The lowest BCUT2D eigenvalue weighted by Gasteiger charge is -2.16. The minimum atomic E-state index is -1.00. The van der Waals surface area contributed by atoms with Crippen molar-refractivity contribution < 1.29 is 24.2 Å². The van der Waals surface area contributed by atoms with Crippen LogP contribution in [0.5, 0.6) is 11.5 Å². The molecule has 0 radical (unpaired) electrons. The number of carbonyl (C=O) groups is 2. The molecule has 1 heterocycles. The molecule has 0 atom stereocenters. The molecule has 1 aliphatic rings. The average molecular weight is 601 g/mol. The van der Waals surface area contributed by atoms with Crippen LogP contribution >= 0.6 is 11.8 Å². The molecule has 1 N–H and O–H groups in total. The van der Waals surface area contributed by atoms with Gasteiger partial charge in [0.1, 0.15) is 18.1 Å². The highest BCUT2D eigenvalue weighted by molar-refractivity contribution is 8.18. The molecule has 44 heavy (non-hydrogen) atoms. The molecule has 0 aromatic heterocycles. The summed E-state index contributed by atoms with van der Waals surface area (Å²) in [6.07, 6.45) is 1.83. The molecule has 1 fully saturated rings. The average Bonchev–Trinajstić information content (AvgIpc) is 3.33. The van der Waals surface area contributed by atoms with Crippen molar-refractivity contribution in [3.05, 3.63) is 142 Å². The van der Waals surface area contributed by atoms with Crippen LogP contribution in [0, 0.1) is 0 Å². The molecule has 8 heteroatoms. The SMILES string of the molecule is COc1ccc(N=C2S/C(=C\c3ccccc3OCc3ccc4ccccc4c3)C(=O)N2Cc2ccc(C(=O)O)cc2)cc1. The highest BCUT2D eigenvalue weighted by Gasteiger charge is 2.34. The summed E-state index contributed by atoms with van der Waals surface area (Å²) in [5.41, 5.74) is 3.47. The number of hydrogen-bond acceptors (Lipinski definition) is 6. The summed E-state index contributed by atoms with van der Waals surface area (Å²) < 4.78 is 11.5. The van der Waals surface area contributed by atoms with E-state index in [1.165, 1.54) is 29.3 Å². The van der Waals surface area contributed by atoms with E-state index in [-0.39, 0.29) is 18.0 Å². The maximum atomic E-state index is 13.8. The molecular formula is C36H28N2O5S. The Balaban J connectivity index is 1.28. The number of carbonyl (C=O) groups excluding carboxylic acids is 1. The van der Waals surface area contributed by atoms with Gasteiger partial charge in [0.2, 0.25) is 0 Å². The summed E-state index contributed by atoms with van der Waals surface area (Å²) in [6, 6.07) is 35.9. The van der Waals surface area contributed by atoms with Crippen LogP contribution in [-0.2, 0) is 17.9 Å². The van der Waals surface area contributed by atoms with Gasteiger partial charge in [0.05, 0.1) is 29.8 Å². The molecule has 5 aromatic rings. The Morgan fingerprint density at radius 1 is 0.864 bits per heavy atom. The maximum absolute atomic E-state index is 13.8. The molecule has 6 rings (SSSR count). The molecule has 0 unspecified atom stereocenters. The van der Waals surface area contributed by atoms with Crippen LogP contribution in [0.25, 0.3) is 16.8 Å². The van der Waals surface area contributed by atoms with Crippen molar-refractivity contribution in [1.29, 1.82) is 0 Å². The van der Waals surface area contributed by atoms with Crippen LogP contribution in [0.3, 0.4) is 0 Å². The van der Waals surface area contributed by atoms with E-state index < -0.39 is 5.97 Å². The Bertz CT molecular complexity index is 1900. The van der Waals surface area contributed by atoms with Crippen molar-refractivity contribution in [1.82, 2.24) is 4.90 Å². The summed E-state index contributed by atoms with van der Waals surface area (Å²) >= 11 is 1.28. The molecular weight excluding hydrogens is 572 g/mol. The number of ether oxygens (including phenoxy) is 2. The van der Waals surface area contributed by atoms with E-state index in [0.29, 0.717) is 33.9 Å². The van der Waals surface area contributed by atoms with Crippen LogP contribution in [0.4, 0.5) is 5.69 Å². The zero-order valence-electron chi connectivity index (χ0n) is 23.8. The lowest BCUT2D eigenvalue weighted by Crippen LogP contribution is -2.28. The zero-order chi connectivity index (χ0) is 30.5. The Hall–Kier alpha value is -5.34. The summed E-state index contributed by atoms with van der Waals surface area (Å²) in [5, 5.41) is 12.1. The van der Waals surface area contributed by atoms with Gasteiger partial charge in [-0.15, -0.1) is 0 Å². The molecule has 0 aliphatic carbocycles. The van der Waals surface area contributed by atoms with Gasteiger partial charge in [0.15, 0.2) is 5.17 Å². The fourth-order valence-corrected chi connectivity index (χ4v) is 5.78. The van der Waals surface area contributed by atoms with Gasteiger partial charge in [-0.3, -0.25) is 9.69 Å². The summed E-state index contributed by atoms with van der Waals surface area (Å²) in [5.74, 6) is 0.171. The Labute approximate surface area is 259 Å². The van der Waals surface area contributed by atoms with Gasteiger partial charge in [-0.05, 0) is 88.3 Å². The molecule has 0 bridgehead atoms. The van der Waals surface area contributed by atoms with E-state index in [4.69, 9.17) is 14.5 Å². The number of para-hydroxylation sites is 1. The van der Waals surface area contributed by atoms with Gasteiger partial charge in [-0.25, -0.2) is 9.79 Å². The number of carboxylic acid groups (broad SMARTS) is 1. The van der Waals surface area contributed by atoms with Gasteiger partial charge < -0.3 is 14.6 Å². The molecule has 5 aromatic carbocycles. The van der Waals surface area contributed by atoms with Crippen molar-refractivity contribution in [2.75, 3.05) is 7.11 Å². The first kappa shape index (κ1) is 28.8. The monoisotopic (exact) mass is 600 g/mol. The van der Waals surface area contributed by atoms with Crippen LogP contribution in [0.1, 0.15) is 27.0 Å². The topological polar surface area (TPSA) is 88.4 Å². The summed E-state index contributed by atoms with van der Waals surface area (Å²) in [6.45, 7) is 0.618. The van der Waals surface area contributed by atoms with Crippen LogP contribution in [0.2, 0.25) is 0 Å². The number of hydrogen-bond donors (Lipinski definition) is 1. The molecule has 0 saturated carbocycles. The van der Waals surface area contributed by atoms with Crippen molar-refractivity contribution in [3.8, 4) is 11.5 Å². The quantitative estimate of drug-likeness (QED) is 0.173. The number of thioether (sulfide) groups is 1. The lowest BCUT2D eigenvalue weighted by molar-refractivity contribution is -0.122. The van der Waals surface area contributed by atoms with Crippen LogP contribution in [0.15, 0.2) is 125 Å². The first-order chi connectivity index (χ1) is 21.5. The number of aromatic carboxylic acids is 1.